The largest absolute Gasteiger partial charge is 0.497 e. The average molecular weight is 358 g/mol. The van der Waals surface area contributed by atoms with E-state index in [1.165, 1.54) is 11.3 Å². The molecule has 0 bridgehead atoms. The summed E-state index contributed by atoms with van der Waals surface area (Å²) in [5.41, 5.74) is 0.805. The summed E-state index contributed by atoms with van der Waals surface area (Å²) in [6, 6.07) is 12.8. The maximum absolute atomic E-state index is 12.4. The van der Waals surface area contributed by atoms with Crippen molar-refractivity contribution in [2.24, 2.45) is 0 Å². The van der Waals surface area contributed by atoms with Crippen molar-refractivity contribution in [1.82, 2.24) is 4.98 Å². The number of benzene rings is 2. The molecule has 25 heavy (non-hydrogen) atoms. The summed E-state index contributed by atoms with van der Waals surface area (Å²) in [6.07, 6.45) is -0.696. The molecule has 7 heteroatoms. The molecule has 0 radical (unpaired) electrons. The molecule has 3 rings (SSSR count). The number of carbonyl (C=O) groups excluding carboxylic acids is 1. The highest BCUT2D eigenvalue weighted by atomic mass is 32.1. The van der Waals surface area contributed by atoms with Crippen LogP contribution in [0, 0.1) is 0 Å². The highest BCUT2D eigenvalue weighted by molar-refractivity contribution is 7.22. The summed E-state index contributed by atoms with van der Waals surface area (Å²) in [5.74, 6) is 1.56. The minimum Gasteiger partial charge on any atom is -0.497 e. The molecule has 0 fully saturated rings. The maximum Gasteiger partial charge on any atom is 0.266 e. The molecule has 2 aromatic carbocycles. The number of hydrogen-bond donors (Lipinski definition) is 1. The van der Waals surface area contributed by atoms with Crippen LogP contribution in [0.2, 0.25) is 0 Å². The van der Waals surface area contributed by atoms with Crippen molar-refractivity contribution in [3.63, 3.8) is 0 Å². The van der Waals surface area contributed by atoms with Crippen LogP contribution in [0.1, 0.15) is 6.92 Å². The predicted molar refractivity (Wildman–Crippen MR) is 97.9 cm³/mol. The van der Waals surface area contributed by atoms with E-state index in [4.69, 9.17) is 14.2 Å². The lowest BCUT2D eigenvalue weighted by Crippen LogP contribution is -2.30. The zero-order valence-electron chi connectivity index (χ0n) is 14.1. The molecule has 1 unspecified atom stereocenters. The van der Waals surface area contributed by atoms with Crippen molar-refractivity contribution >= 4 is 32.6 Å². The SMILES string of the molecule is COc1ccc2nc(NC(=O)C(C)Oc3ccccc3OC)sc2c1. The molecule has 0 saturated heterocycles. The number of ether oxygens (including phenoxy) is 3. The second-order valence-corrected chi connectivity index (χ2v) is 6.28. The Morgan fingerprint density at radius 2 is 1.88 bits per heavy atom. The van der Waals surface area contributed by atoms with Crippen LogP contribution in [0.5, 0.6) is 17.2 Å². The third-order valence-corrected chi connectivity index (χ3v) is 4.50. The average Bonchev–Trinajstić information content (AvgIpc) is 3.03. The molecule has 0 aliphatic heterocycles. The van der Waals surface area contributed by atoms with E-state index in [0.717, 1.165) is 16.0 Å². The monoisotopic (exact) mass is 358 g/mol. The van der Waals surface area contributed by atoms with Gasteiger partial charge in [0.2, 0.25) is 0 Å². The Kier molecular flexibility index (Phi) is 5.04. The van der Waals surface area contributed by atoms with Crippen LogP contribution in [0.25, 0.3) is 10.2 Å². The Morgan fingerprint density at radius 1 is 1.12 bits per heavy atom. The van der Waals surface area contributed by atoms with Gasteiger partial charge in [-0.3, -0.25) is 10.1 Å². The number of amides is 1. The van der Waals surface area contributed by atoms with E-state index in [1.54, 1.807) is 33.3 Å². The first kappa shape index (κ1) is 17.0. The number of anilines is 1. The smallest absolute Gasteiger partial charge is 0.266 e. The molecule has 1 aromatic heterocycles. The molecule has 6 nitrogen and oxygen atoms in total. The van der Waals surface area contributed by atoms with Crippen LogP contribution < -0.4 is 19.5 Å². The molecule has 1 N–H and O–H groups in total. The zero-order chi connectivity index (χ0) is 17.8. The van der Waals surface area contributed by atoms with Crippen LogP contribution in [0.4, 0.5) is 5.13 Å². The lowest BCUT2D eigenvalue weighted by molar-refractivity contribution is -0.122. The van der Waals surface area contributed by atoms with E-state index in [-0.39, 0.29) is 5.91 Å². The fraction of sp³-hybridized carbons (Fsp3) is 0.222. The van der Waals surface area contributed by atoms with Gasteiger partial charge in [0.1, 0.15) is 5.75 Å². The van der Waals surface area contributed by atoms with Crippen LogP contribution in [0.3, 0.4) is 0 Å². The van der Waals surface area contributed by atoms with Crippen LogP contribution in [-0.2, 0) is 4.79 Å². The highest BCUT2D eigenvalue weighted by Gasteiger charge is 2.18. The number of para-hydroxylation sites is 2. The lowest BCUT2D eigenvalue weighted by atomic mass is 10.3. The Labute approximate surface area is 149 Å². The summed E-state index contributed by atoms with van der Waals surface area (Å²) < 4.78 is 17.1. The van der Waals surface area contributed by atoms with Crippen LogP contribution in [-0.4, -0.2) is 31.2 Å². The predicted octanol–water partition coefficient (Wildman–Crippen LogP) is 3.72. The van der Waals surface area contributed by atoms with Gasteiger partial charge < -0.3 is 14.2 Å². The van der Waals surface area contributed by atoms with E-state index in [9.17, 15) is 4.79 Å². The van der Waals surface area contributed by atoms with E-state index in [0.29, 0.717) is 16.6 Å². The number of nitrogens with zero attached hydrogens (tertiary/aromatic N) is 1. The van der Waals surface area contributed by atoms with Crippen molar-refractivity contribution in [3.8, 4) is 17.2 Å². The number of rotatable bonds is 6. The second kappa shape index (κ2) is 7.40. The molecule has 1 atom stereocenters. The molecule has 1 amide bonds. The normalized spacial score (nSPS) is 11.8. The Hall–Kier alpha value is -2.80. The van der Waals surface area contributed by atoms with E-state index >= 15 is 0 Å². The molecule has 0 saturated carbocycles. The maximum atomic E-state index is 12.4. The van der Waals surface area contributed by atoms with Gasteiger partial charge in [-0.2, -0.15) is 0 Å². The first-order valence-electron chi connectivity index (χ1n) is 7.66. The van der Waals surface area contributed by atoms with Gasteiger partial charge in [0.15, 0.2) is 22.7 Å². The van der Waals surface area contributed by atoms with Gasteiger partial charge in [-0.05, 0) is 37.3 Å². The van der Waals surface area contributed by atoms with Gasteiger partial charge in [-0.1, -0.05) is 23.5 Å². The summed E-state index contributed by atoms with van der Waals surface area (Å²) in [7, 11) is 3.17. The minimum absolute atomic E-state index is 0.281. The van der Waals surface area contributed by atoms with Gasteiger partial charge in [-0.25, -0.2) is 4.98 Å². The first-order chi connectivity index (χ1) is 12.1. The zero-order valence-corrected chi connectivity index (χ0v) is 14.9. The molecular formula is C18H18N2O4S. The molecule has 0 aliphatic carbocycles. The van der Waals surface area contributed by atoms with E-state index in [2.05, 4.69) is 10.3 Å². The number of nitrogens with one attached hydrogen (secondary N) is 1. The topological polar surface area (TPSA) is 69.7 Å². The number of methoxy groups -OCH3 is 2. The fourth-order valence-electron chi connectivity index (χ4n) is 2.25. The molecule has 130 valence electrons. The van der Waals surface area contributed by atoms with Crippen molar-refractivity contribution in [3.05, 3.63) is 42.5 Å². The number of carbonyl (C=O) groups is 1. The Balaban J connectivity index is 1.71. The summed E-state index contributed by atoms with van der Waals surface area (Å²) >= 11 is 1.38. The van der Waals surface area contributed by atoms with Gasteiger partial charge in [-0.15, -0.1) is 0 Å². The highest BCUT2D eigenvalue weighted by Crippen LogP contribution is 2.30. The van der Waals surface area contributed by atoms with Gasteiger partial charge >= 0.3 is 0 Å². The van der Waals surface area contributed by atoms with Gasteiger partial charge in [0, 0.05) is 0 Å². The second-order valence-electron chi connectivity index (χ2n) is 5.25. The number of aromatic nitrogens is 1. The Bertz CT molecular complexity index is 894. The Morgan fingerprint density at radius 3 is 2.60 bits per heavy atom. The number of fused-ring (bicyclic) bond motifs is 1. The molecule has 0 aliphatic rings. The minimum atomic E-state index is -0.696. The summed E-state index contributed by atoms with van der Waals surface area (Å²) in [6.45, 7) is 1.68. The molecular weight excluding hydrogens is 340 g/mol. The van der Waals surface area contributed by atoms with Crippen LogP contribution >= 0.6 is 11.3 Å². The number of thiazole rings is 1. The third-order valence-electron chi connectivity index (χ3n) is 3.57. The molecule has 3 aromatic rings. The third kappa shape index (κ3) is 3.83. The standard InChI is InChI=1S/C18H18N2O4S/c1-11(24-15-7-5-4-6-14(15)23-3)17(21)20-18-19-13-9-8-12(22-2)10-16(13)25-18/h4-11H,1-3H3,(H,19,20,21). The van der Waals surface area contributed by atoms with Gasteiger partial charge in [0.25, 0.3) is 5.91 Å². The fourth-order valence-corrected chi connectivity index (χ4v) is 3.15. The quantitative estimate of drug-likeness (QED) is 0.727. The lowest BCUT2D eigenvalue weighted by Gasteiger charge is -2.15. The molecule has 1 heterocycles. The molecule has 0 spiro atoms. The number of hydrogen-bond acceptors (Lipinski definition) is 6. The van der Waals surface area contributed by atoms with Crippen molar-refractivity contribution in [1.29, 1.82) is 0 Å². The first-order valence-corrected chi connectivity index (χ1v) is 8.47. The summed E-state index contributed by atoms with van der Waals surface area (Å²) in [5, 5.41) is 3.31. The van der Waals surface area contributed by atoms with E-state index < -0.39 is 6.10 Å². The van der Waals surface area contributed by atoms with Crippen molar-refractivity contribution < 1.29 is 19.0 Å². The van der Waals surface area contributed by atoms with Crippen molar-refractivity contribution in [2.75, 3.05) is 19.5 Å². The van der Waals surface area contributed by atoms with Gasteiger partial charge in [0.05, 0.1) is 24.4 Å². The van der Waals surface area contributed by atoms with Crippen LogP contribution in [0.15, 0.2) is 42.5 Å². The summed E-state index contributed by atoms with van der Waals surface area (Å²) in [4.78, 5) is 16.8. The van der Waals surface area contributed by atoms with Crippen molar-refractivity contribution in [2.45, 2.75) is 13.0 Å². The van der Waals surface area contributed by atoms with E-state index in [1.807, 2.05) is 30.3 Å².